The van der Waals surface area contributed by atoms with E-state index in [-0.39, 0.29) is 0 Å². The maximum Gasteiger partial charge on any atom is 0.159 e. The maximum atomic E-state index is 5.71. The van der Waals surface area contributed by atoms with Gasteiger partial charge in [0.15, 0.2) is 5.82 Å². The SMILES string of the molecule is COc1ccc(-c2nc(C)c(CN)c(C)n2)cc1C. The molecule has 0 aliphatic heterocycles. The molecular formula is C15H19N3O. The molecule has 1 aromatic heterocycles. The van der Waals surface area contributed by atoms with Gasteiger partial charge in [0.25, 0.3) is 0 Å². The van der Waals surface area contributed by atoms with E-state index in [1.165, 1.54) is 0 Å². The fourth-order valence-corrected chi connectivity index (χ4v) is 2.18. The van der Waals surface area contributed by atoms with E-state index >= 15 is 0 Å². The van der Waals surface area contributed by atoms with Crippen LogP contribution in [0.1, 0.15) is 22.5 Å². The van der Waals surface area contributed by atoms with Crippen LogP contribution in [0.3, 0.4) is 0 Å². The quantitative estimate of drug-likeness (QED) is 0.918. The number of ether oxygens (including phenoxy) is 1. The van der Waals surface area contributed by atoms with Crippen LogP contribution < -0.4 is 10.5 Å². The van der Waals surface area contributed by atoms with Crippen LogP contribution in [-0.4, -0.2) is 17.1 Å². The van der Waals surface area contributed by atoms with Crippen molar-refractivity contribution >= 4 is 0 Å². The first-order chi connectivity index (χ1) is 9.06. The second-order valence-corrected chi connectivity index (χ2v) is 4.59. The average Bonchev–Trinajstić information content (AvgIpc) is 2.38. The van der Waals surface area contributed by atoms with Crippen molar-refractivity contribution < 1.29 is 4.74 Å². The van der Waals surface area contributed by atoms with Gasteiger partial charge >= 0.3 is 0 Å². The lowest BCUT2D eigenvalue weighted by Crippen LogP contribution is -2.07. The number of methoxy groups -OCH3 is 1. The summed E-state index contributed by atoms with van der Waals surface area (Å²) in [6, 6.07) is 5.95. The number of hydrogen-bond donors (Lipinski definition) is 1. The number of benzene rings is 1. The molecule has 0 unspecified atom stereocenters. The molecule has 0 fully saturated rings. The predicted molar refractivity (Wildman–Crippen MR) is 76.1 cm³/mol. The van der Waals surface area contributed by atoms with Gasteiger partial charge < -0.3 is 10.5 Å². The molecule has 0 aliphatic carbocycles. The summed E-state index contributed by atoms with van der Waals surface area (Å²) in [6.45, 7) is 6.42. The molecule has 0 spiro atoms. The first-order valence-corrected chi connectivity index (χ1v) is 6.26. The minimum absolute atomic E-state index is 0.472. The number of hydrogen-bond acceptors (Lipinski definition) is 4. The van der Waals surface area contributed by atoms with Crippen LogP contribution in [0.4, 0.5) is 0 Å². The Bertz CT molecular complexity index is 585. The Hall–Kier alpha value is -1.94. The van der Waals surface area contributed by atoms with Gasteiger partial charge in [0, 0.05) is 29.1 Å². The number of aromatic nitrogens is 2. The van der Waals surface area contributed by atoms with Gasteiger partial charge in [-0.05, 0) is 44.5 Å². The molecule has 0 amide bonds. The number of nitrogens with zero attached hydrogens (tertiary/aromatic N) is 2. The molecule has 0 radical (unpaired) electrons. The van der Waals surface area contributed by atoms with Gasteiger partial charge in [-0.3, -0.25) is 0 Å². The molecule has 4 heteroatoms. The van der Waals surface area contributed by atoms with Gasteiger partial charge in [0.2, 0.25) is 0 Å². The van der Waals surface area contributed by atoms with Crippen molar-refractivity contribution in [3.8, 4) is 17.1 Å². The standard InChI is InChI=1S/C15H19N3O/c1-9-7-12(5-6-14(9)19-4)15-17-10(2)13(8-16)11(3)18-15/h5-7H,8,16H2,1-4H3. The lowest BCUT2D eigenvalue weighted by Gasteiger charge is -2.10. The molecule has 4 nitrogen and oxygen atoms in total. The van der Waals surface area contributed by atoms with E-state index in [0.717, 1.165) is 39.7 Å². The topological polar surface area (TPSA) is 61.0 Å². The summed E-state index contributed by atoms with van der Waals surface area (Å²) in [6.07, 6.45) is 0. The third-order valence-corrected chi connectivity index (χ3v) is 3.28. The van der Waals surface area contributed by atoms with Crippen molar-refractivity contribution in [3.63, 3.8) is 0 Å². The molecule has 100 valence electrons. The lowest BCUT2D eigenvalue weighted by molar-refractivity contribution is 0.412. The normalized spacial score (nSPS) is 10.6. The van der Waals surface area contributed by atoms with Crippen LogP contribution >= 0.6 is 0 Å². The Labute approximate surface area is 113 Å². The van der Waals surface area contributed by atoms with Crippen molar-refractivity contribution in [1.29, 1.82) is 0 Å². The number of aryl methyl sites for hydroxylation is 3. The predicted octanol–water partition coefficient (Wildman–Crippen LogP) is 2.54. The van der Waals surface area contributed by atoms with E-state index < -0.39 is 0 Å². The highest BCUT2D eigenvalue weighted by Gasteiger charge is 2.10. The van der Waals surface area contributed by atoms with E-state index in [2.05, 4.69) is 9.97 Å². The van der Waals surface area contributed by atoms with Crippen molar-refractivity contribution in [2.24, 2.45) is 5.73 Å². The van der Waals surface area contributed by atoms with Crippen molar-refractivity contribution in [1.82, 2.24) is 9.97 Å². The summed E-state index contributed by atoms with van der Waals surface area (Å²) < 4.78 is 5.26. The van der Waals surface area contributed by atoms with Gasteiger partial charge in [-0.1, -0.05) is 0 Å². The molecule has 2 rings (SSSR count). The molecule has 1 heterocycles. The zero-order chi connectivity index (χ0) is 14.0. The fourth-order valence-electron chi connectivity index (χ4n) is 2.18. The summed E-state index contributed by atoms with van der Waals surface area (Å²) in [4.78, 5) is 9.08. The van der Waals surface area contributed by atoms with E-state index in [1.807, 2.05) is 39.0 Å². The minimum atomic E-state index is 0.472. The van der Waals surface area contributed by atoms with Gasteiger partial charge in [-0.2, -0.15) is 0 Å². The molecule has 0 saturated carbocycles. The third-order valence-electron chi connectivity index (χ3n) is 3.28. The Morgan fingerprint density at radius 3 is 2.21 bits per heavy atom. The number of nitrogens with two attached hydrogens (primary N) is 1. The highest BCUT2D eigenvalue weighted by molar-refractivity contribution is 5.59. The minimum Gasteiger partial charge on any atom is -0.496 e. The number of rotatable bonds is 3. The van der Waals surface area contributed by atoms with E-state index in [4.69, 9.17) is 10.5 Å². The Morgan fingerprint density at radius 2 is 1.74 bits per heavy atom. The Balaban J connectivity index is 2.50. The zero-order valence-corrected chi connectivity index (χ0v) is 11.8. The van der Waals surface area contributed by atoms with Crippen LogP contribution in [0.25, 0.3) is 11.4 Å². The Morgan fingerprint density at radius 1 is 1.11 bits per heavy atom. The molecule has 0 saturated heterocycles. The van der Waals surface area contributed by atoms with Crippen molar-refractivity contribution in [2.75, 3.05) is 7.11 Å². The van der Waals surface area contributed by atoms with Crippen LogP contribution in [-0.2, 0) is 6.54 Å². The van der Waals surface area contributed by atoms with E-state index in [9.17, 15) is 0 Å². The third kappa shape index (κ3) is 2.58. The average molecular weight is 257 g/mol. The maximum absolute atomic E-state index is 5.71. The largest absolute Gasteiger partial charge is 0.496 e. The first kappa shape index (κ1) is 13.5. The molecule has 1 aromatic carbocycles. The summed E-state index contributed by atoms with van der Waals surface area (Å²) in [7, 11) is 1.67. The van der Waals surface area contributed by atoms with Crippen LogP contribution in [0, 0.1) is 20.8 Å². The molecular weight excluding hydrogens is 238 g/mol. The second kappa shape index (κ2) is 5.36. The van der Waals surface area contributed by atoms with Gasteiger partial charge in [0.1, 0.15) is 5.75 Å². The Kier molecular flexibility index (Phi) is 3.81. The van der Waals surface area contributed by atoms with Gasteiger partial charge in [-0.15, -0.1) is 0 Å². The second-order valence-electron chi connectivity index (χ2n) is 4.59. The van der Waals surface area contributed by atoms with E-state index in [1.54, 1.807) is 7.11 Å². The highest BCUT2D eigenvalue weighted by atomic mass is 16.5. The molecule has 0 bridgehead atoms. The molecule has 0 aliphatic rings. The fraction of sp³-hybridized carbons (Fsp3) is 0.333. The van der Waals surface area contributed by atoms with Crippen molar-refractivity contribution in [2.45, 2.75) is 27.3 Å². The summed E-state index contributed by atoms with van der Waals surface area (Å²) in [5.74, 6) is 1.61. The first-order valence-electron chi connectivity index (χ1n) is 6.26. The summed E-state index contributed by atoms with van der Waals surface area (Å²) >= 11 is 0. The van der Waals surface area contributed by atoms with Gasteiger partial charge in [0.05, 0.1) is 7.11 Å². The van der Waals surface area contributed by atoms with Crippen LogP contribution in [0.15, 0.2) is 18.2 Å². The van der Waals surface area contributed by atoms with E-state index in [0.29, 0.717) is 6.54 Å². The molecule has 2 aromatic rings. The smallest absolute Gasteiger partial charge is 0.159 e. The lowest BCUT2D eigenvalue weighted by atomic mass is 10.1. The van der Waals surface area contributed by atoms with Crippen LogP contribution in [0.5, 0.6) is 5.75 Å². The highest BCUT2D eigenvalue weighted by Crippen LogP contribution is 2.25. The monoisotopic (exact) mass is 257 g/mol. The van der Waals surface area contributed by atoms with Crippen LogP contribution in [0.2, 0.25) is 0 Å². The zero-order valence-electron chi connectivity index (χ0n) is 11.8. The van der Waals surface area contributed by atoms with Gasteiger partial charge in [-0.25, -0.2) is 9.97 Å². The summed E-state index contributed by atoms with van der Waals surface area (Å²) in [5, 5.41) is 0. The molecule has 19 heavy (non-hydrogen) atoms. The van der Waals surface area contributed by atoms with Crippen molar-refractivity contribution in [3.05, 3.63) is 40.7 Å². The molecule has 2 N–H and O–H groups in total. The summed E-state index contributed by atoms with van der Waals surface area (Å²) in [5.41, 5.74) is 10.7. The molecule has 0 atom stereocenters.